The largest absolute Gasteiger partial charge is 0.504 e. The van der Waals surface area contributed by atoms with E-state index in [1.807, 2.05) is 19.1 Å². The third kappa shape index (κ3) is 4.11. The first-order chi connectivity index (χ1) is 14.4. The zero-order valence-corrected chi connectivity index (χ0v) is 18.5. The first-order valence-corrected chi connectivity index (χ1v) is 10.3. The molecule has 2 aromatic carbocycles. The molecular weight excluding hydrogens is 450 g/mol. The monoisotopic (exact) mass is 471 g/mol. The summed E-state index contributed by atoms with van der Waals surface area (Å²) in [5.74, 6) is -0.753. The van der Waals surface area contributed by atoms with Gasteiger partial charge in [0.15, 0.2) is 11.5 Å². The van der Waals surface area contributed by atoms with E-state index >= 15 is 0 Å². The summed E-state index contributed by atoms with van der Waals surface area (Å²) in [7, 11) is 0. The van der Waals surface area contributed by atoms with Crippen molar-refractivity contribution in [3.63, 3.8) is 0 Å². The van der Waals surface area contributed by atoms with Crippen molar-refractivity contribution in [2.24, 2.45) is 0 Å². The maximum absolute atomic E-state index is 13.3. The molecule has 0 spiro atoms. The van der Waals surface area contributed by atoms with E-state index in [1.165, 1.54) is 11.0 Å². The highest BCUT2D eigenvalue weighted by Gasteiger charge is 2.38. The summed E-state index contributed by atoms with van der Waals surface area (Å²) < 4.78 is 11.5. The van der Waals surface area contributed by atoms with Crippen molar-refractivity contribution in [1.29, 1.82) is 0 Å². The maximum Gasteiger partial charge on any atom is 0.340 e. The lowest BCUT2D eigenvalue weighted by Gasteiger charge is -2.18. The fraction of sp³-hybridized carbons (Fsp3) is 0.217. The van der Waals surface area contributed by atoms with E-state index in [2.05, 4.69) is 15.9 Å². The molecule has 0 saturated carbocycles. The highest BCUT2D eigenvalue weighted by atomic mass is 79.9. The van der Waals surface area contributed by atoms with Crippen LogP contribution >= 0.6 is 15.9 Å². The van der Waals surface area contributed by atoms with Gasteiger partial charge in [-0.25, -0.2) is 4.79 Å². The molecule has 0 aliphatic carbocycles. The predicted molar refractivity (Wildman–Crippen MR) is 118 cm³/mol. The quantitative estimate of drug-likeness (QED) is 0.482. The number of hydrogen-bond donors (Lipinski definition) is 1. The molecule has 0 fully saturated rings. The van der Waals surface area contributed by atoms with E-state index in [0.29, 0.717) is 29.3 Å². The lowest BCUT2D eigenvalue weighted by molar-refractivity contribution is -0.138. The van der Waals surface area contributed by atoms with E-state index in [1.54, 1.807) is 44.2 Å². The third-order valence-electron chi connectivity index (χ3n) is 4.59. The number of halogens is 1. The van der Waals surface area contributed by atoms with Crippen LogP contribution in [0.2, 0.25) is 0 Å². The van der Waals surface area contributed by atoms with Gasteiger partial charge in [-0.1, -0.05) is 28.1 Å². The Labute approximate surface area is 183 Å². The van der Waals surface area contributed by atoms with Crippen molar-refractivity contribution in [2.45, 2.75) is 20.8 Å². The van der Waals surface area contributed by atoms with Crippen LogP contribution in [0.4, 0.5) is 5.69 Å². The average molecular weight is 472 g/mol. The van der Waals surface area contributed by atoms with Crippen LogP contribution in [0.25, 0.3) is 6.08 Å². The Balaban J connectivity index is 2.14. The number of hydrogen-bond acceptors (Lipinski definition) is 5. The molecule has 1 aliphatic heterocycles. The van der Waals surface area contributed by atoms with Crippen molar-refractivity contribution in [3.8, 4) is 11.5 Å². The van der Waals surface area contributed by atoms with E-state index in [-0.39, 0.29) is 29.4 Å². The first kappa shape index (κ1) is 21.6. The standard InChI is InChI=1S/C23H22BrNO5/c1-4-29-19-8-6-7-15(21(19)26)13-18-20(23(28)30-5-2)14(3)25(22(18)27)17-11-9-16(24)10-12-17/h6-13,26H,4-5H2,1-3H3/b18-13-. The Kier molecular flexibility index (Phi) is 6.62. The first-order valence-electron chi connectivity index (χ1n) is 9.53. The topological polar surface area (TPSA) is 76.1 Å². The zero-order valence-electron chi connectivity index (χ0n) is 16.9. The second kappa shape index (κ2) is 9.17. The van der Waals surface area contributed by atoms with Crippen LogP contribution in [0.1, 0.15) is 26.3 Å². The summed E-state index contributed by atoms with van der Waals surface area (Å²) in [6.45, 7) is 5.78. The number of carbonyl (C=O) groups is 2. The molecule has 7 heteroatoms. The van der Waals surface area contributed by atoms with Gasteiger partial charge in [0.25, 0.3) is 5.91 Å². The predicted octanol–water partition coefficient (Wildman–Crippen LogP) is 4.82. The molecule has 30 heavy (non-hydrogen) atoms. The number of amides is 1. The minimum absolute atomic E-state index is 0.0948. The summed E-state index contributed by atoms with van der Waals surface area (Å²) >= 11 is 3.38. The van der Waals surface area contributed by atoms with Gasteiger partial charge in [-0.3, -0.25) is 9.69 Å². The van der Waals surface area contributed by atoms with Gasteiger partial charge >= 0.3 is 5.97 Å². The van der Waals surface area contributed by atoms with Crippen molar-refractivity contribution in [1.82, 2.24) is 0 Å². The number of phenols is 1. The number of carbonyl (C=O) groups excluding carboxylic acids is 2. The minimum atomic E-state index is -0.588. The van der Waals surface area contributed by atoms with Gasteiger partial charge in [-0.2, -0.15) is 0 Å². The van der Waals surface area contributed by atoms with Crippen molar-refractivity contribution < 1.29 is 24.2 Å². The number of allylic oxidation sites excluding steroid dienone is 1. The number of esters is 1. The average Bonchev–Trinajstić information content (AvgIpc) is 2.96. The molecule has 0 bridgehead atoms. The number of rotatable bonds is 6. The van der Waals surface area contributed by atoms with E-state index in [0.717, 1.165) is 4.47 Å². The Bertz CT molecular complexity index is 1040. The van der Waals surface area contributed by atoms with E-state index < -0.39 is 5.97 Å². The van der Waals surface area contributed by atoms with Crippen LogP contribution in [0.3, 0.4) is 0 Å². The van der Waals surface area contributed by atoms with Crippen LogP contribution in [0, 0.1) is 0 Å². The SMILES string of the molecule is CCOC(=O)C1=C(C)N(c2ccc(Br)cc2)C(=O)/C1=C\c1cccc(OCC)c1O. The molecule has 3 rings (SSSR count). The Morgan fingerprint density at radius 1 is 1.13 bits per heavy atom. The number of anilines is 1. The van der Waals surface area contributed by atoms with E-state index in [4.69, 9.17) is 9.47 Å². The van der Waals surface area contributed by atoms with Gasteiger partial charge in [0.1, 0.15) is 0 Å². The second-order valence-corrected chi connectivity index (χ2v) is 7.40. The normalized spacial score (nSPS) is 15.1. The number of ether oxygens (including phenoxy) is 2. The molecule has 2 aromatic rings. The molecule has 1 amide bonds. The highest BCUT2D eigenvalue weighted by molar-refractivity contribution is 9.10. The van der Waals surface area contributed by atoms with Gasteiger partial charge in [0, 0.05) is 21.4 Å². The molecule has 0 radical (unpaired) electrons. The molecule has 0 saturated heterocycles. The summed E-state index contributed by atoms with van der Waals surface area (Å²) in [5, 5.41) is 10.5. The smallest absolute Gasteiger partial charge is 0.340 e. The lowest BCUT2D eigenvalue weighted by Crippen LogP contribution is -2.24. The van der Waals surface area contributed by atoms with Crippen molar-refractivity contribution in [3.05, 3.63) is 69.3 Å². The van der Waals surface area contributed by atoms with Crippen LogP contribution in [-0.4, -0.2) is 30.2 Å². The van der Waals surface area contributed by atoms with Crippen molar-refractivity contribution in [2.75, 3.05) is 18.1 Å². The summed E-state index contributed by atoms with van der Waals surface area (Å²) in [4.78, 5) is 27.5. The summed E-state index contributed by atoms with van der Waals surface area (Å²) in [6.07, 6.45) is 1.49. The molecule has 0 unspecified atom stereocenters. The molecule has 6 nitrogen and oxygen atoms in total. The van der Waals surface area contributed by atoms with E-state index in [9.17, 15) is 14.7 Å². The Hall–Kier alpha value is -3.06. The van der Waals surface area contributed by atoms with Crippen molar-refractivity contribution >= 4 is 39.6 Å². The fourth-order valence-electron chi connectivity index (χ4n) is 3.27. The van der Waals surface area contributed by atoms with Gasteiger partial charge in [-0.15, -0.1) is 0 Å². The Morgan fingerprint density at radius 2 is 1.83 bits per heavy atom. The van der Waals surface area contributed by atoms with Crippen LogP contribution in [0.5, 0.6) is 11.5 Å². The third-order valence-corrected chi connectivity index (χ3v) is 5.12. The number of nitrogens with zero attached hydrogens (tertiary/aromatic N) is 1. The second-order valence-electron chi connectivity index (χ2n) is 6.48. The highest BCUT2D eigenvalue weighted by Crippen LogP contribution is 2.38. The number of para-hydroxylation sites is 1. The zero-order chi connectivity index (χ0) is 21.8. The molecular formula is C23H22BrNO5. The lowest BCUT2D eigenvalue weighted by atomic mass is 10.0. The minimum Gasteiger partial charge on any atom is -0.504 e. The number of aromatic hydroxyl groups is 1. The molecule has 1 aliphatic rings. The Morgan fingerprint density at radius 3 is 2.47 bits per heavy atom. The van der Waals surface area contributed by atoms with Gasteiger partial charge < -0.3 is 14.6 Å². The van der Waals surface area contributed by atoms with Crippen LogP contribution in [-0.2, 0) is 14.3 Å². The van der Waals surface area contributed by atoms with Gasteiger partial charge in [0.05, 0.1) is 24.4 Å². The maximum atomic E-state index is 13.3. The van der Waals surface area contributed by atoms with Crippen LogP contribution in [0.15, 0.2) is 63.8 Å². The number of benzene rings is 2. The molecule has 0 aromatic heterocycles. The fourth-order valence-corrected chi connectivity index (χ4v) is 3.53. The van der Waals surface area contributed by atoms with Crippen LogP contribution < -0.4 is 9.64 Å². The van der Waals surface area contributed by atoms with Gasteiger partial charge in [0.2, 0.25) is 0 Å². The van der Waals surface area contributed by atoms with Gasteiger partial charge in [-0.05, 0) is 57.2 Å². The molecule has 156 valence electrons. The number of phenolic OH excluding ortho intramolecular Hbond substituents is 1. The summed E-state index contributed by atoms with van der Waals surface area (Å²) in [5.41, 5.74) is 1.78. The summed E-state index contributed by atoms with van der Waals surface area (Å²) in [6, 6.07) is 12.2. The molecule has 0 atom stereocenters. The molecule has 1 N–H and O–H groups in total. The molecule has 1 heterocycles.